The molecule has 0 aliphatic rings. The van der Waals surface area contributed by atoms with E-state index >= 15 is 0 Å². The van der Waals surface area contributed by atoms with Gasteiger partial charge in [0.2, 0.25) is 0 Å². The van der Waals surface area contributed by atoms with E-state index < -0.39 is 0 Å². The Morgan fingerprint density at radius 2 is 2.38 bits per heavy atom. The molecule has 5 nitrogen and oxygen atoms in total. The molecule has 16 heavy (non-hydrogen) atoms. The van der Waals surface area contributed by atoms with Crippen LogP contribution in [0.2, 0.25) is 0 Å². The van der Waals surface area contributed by atoms with E-state index in [-0.39, 0.29) is 0 Å². The monoisotopic (exact) mass is 220 g/mol. The van der Waals surface area contributed by atoms with Crippen molar-refractivity contribution in [3.8, 4) is 0 Å². The van der Waals surface area contributed by atoms with Crippen molar-refractivity contribution < 1.29 is 4.74 Å². The van der Waals surface area contributed by atoms with Gasteiger partial charge in [0.25, 0.3) is 0 Å². The Hall–Kier alpha value is -1.46. The lowest BCUT2D eigenvalue weighted by Gasteiger charge is -2.11. The number of imidazole rings is 1. The van der Waals surface area contributed by atoms with Crippen LogP contribution < -0.4 is 5.32 Å². The zero-order valence-corrected chi connectivity index (χ0v) is 9.55. The maximum Gasteiger partial charge on any atom is 0.155 e. The first-order valence-corrected chi connectivity index (χ1v) is 5.29. The summed E-state index contributed by atoms with van der Waals surface area (Å²) in [6.07, 6.45) is 7.29. The predicted octanol–water partition coefficient (Wildman–Crippen LogP) is 0.854. The second-order valence-electron chi connectivity index (χ2n) is 3.79. The number of rotatable bonds is 5. The van der Waals surface area contributed by atoms with E-state index in [1.807, 2.05) is 16.8 Å². The van der Waals surface area contributed by atoms with Gasteiger partial charge < -0.3 is 10.1 Å². The highest BCUT2D eigenvalue weighted by molar-refractivity contribution is 5.36. The van der Waals surface area contributed by atoms with Crippen LogP contribution in [-0.4, -0.2) is 34.1 Å². The Morgan fingerprint density at radius 1 is 1.50 bits per heavy atom. The first kappa shape index (κ1) is 11.0. The van der Waals surface area contributed by atoms with E-state index in [9.17, 15) is 0 Å². The first-order chi connectivity index (χ1) is 7.81. The van der Waals surface area contributed by atoms with Gasteiger partial charge in [-0.1, -0.05) is 0 Å². The molecule has 0 amide bonds. The van der Waals surface area contributed by atoms with Crippen molar-refractivity contribution in [1.82, 2.24) is 19.7 Å². The van der Waals surface area contributed by atoms with Crippen molar-refractivity contribution in [2.24, 2.45) is 0 Å². The Balaban J connectivity index is 2.04. The molecule has 0 radical (unpaired) electrons. The van der Waals surface area contributed by atoms with Crippen molar-refractivity contribution in [2.75, 3.05) is 13.7 Å². The molecule has 0 saturated heterocycles. The molecule has 0 aliphatic carbocycles. The average molecular weight is 220 g/mol. The van der Waals surface area contributed by atoms with Gasteiger partial charge >= 0.3 is 0 Å². The molecule has 0 bridgehead atoms. The van der Waals surface area contributed by atoms with Crippen molar-refractivity contribution in [2.45, 2.75) is 19.5 Å². The highest BCUT2D eigenvalue weighted by Crippen LogP contribution is 2.04. The van der Waals surface area contributed by atoms with Gasteiger partial charge in [0.05, 0.1) is 24.7 Å². The quantitative estimate of drug-likeness (QED) is 0.811. The molecule has 1 unspecified atom stereocenters. The van der Waals surface area contributed by atoms with Gasteiger partial charge in [-0.3, -0.25) is 9.38 Å². The van der Waals surface area contributed by atoms with Crippen LogP contribution in [-0.2, 0) is 11.3 Å². The number of methoxy groups -OCH3 is 1. The molecule has 0 aliphatic heterocycles. The Bertz CT molecular complexity index is 454. The minimum atomic E-state index is 0.331. The minimum absolute atomic E-state index is 0.331. The molecule has 1 N–H and O–H groups in total. The van der Waals surface area contributed by atoms with E-state index in [4.69, 9.17) is 4.74 Å². The fraction of sp³-hybridized carbons (Fsp3) is 0.455. The number of fused-ring (bicyclic) bond motifs is 1. The number of nitrogens with zero attached hydrogens (tertiary/aromatic N) is 3. The molecule has 2 heterocycles. The summed E-state index contributed by atoms with van der Waals surface area (Å²) in [4.78, 5) is 8.30. The Morgan fingerprint density at radius 3 is 3.19 bits per heavy atom. The van der Waals surface area contributed by atoms with Gasteiger partial charge in [-0.2, -0.15) is 0 Å². The lowest BCUT2D eigenvalue weighted by molar-refractivity contribution is 0.171. The summed E-state index contributed by atoms with van der Waals surface area (Å²) >= 11 is 0. The molecule has 0 fully saturated rings. The zero-order valence-electron chi connectivity index (χ0n) is 9.55. The second-order valence-corrected chi connectivity index (χ2v) is 3.79. The molecule has 2 aromatic rings. The standard InChI is InChI=1S/C11H16N4O/c1-9(8-16-2)13-5-10-6-14-11-7-12-3-4-15(10)11/h3-4,6-7,9,13H,5,8H2,1-2H3. The topological polar surface area (TPSA) is 51.5 Å². The normalized spacial score (nSPS) is 13.1. The van der Waals surface area contributed by atoms with Crippen LogP contribution in [0.4, 0.5) is 0 Å². The second kappa shape index (κ2) is 5.05. The third-order valence-electron chi connectivity index (χ3n) is 2.44. The van der Waals surface area contributed by atoms with Crippen LogP contribution in [0.15, 0.2) is 24.8 Å². The van der Waals surface area contributed by atoms with Gasteiger partial charge in [-0.05, 0) is 6.92 Å². The Kier molecular flexibility index (Phi) is 3.48. The molecule has 5 heteroatoms. The summed E-state index contributed by atoms with van der Waals surface area (Å²) in [7, 11) is 1.71. The summed E-state index contributed by atoms with van der Waals surface area (Å²) in [6, 6.07) is 0.331. The summed E-state index contributed by atoms with van der Waals surface area (Å²) in [5.41, 5.74) is 2.00. The lowest BCUT2D eigenvalue weighted by Crippen LogP contribution is -2.29. The SMILES string of the molecule is COCC(C)NCc1cnc2cnccn12. The van der Waals surface area contributed by atoms with Gasteiger partial charge in [0.1, 0.15) is 0 Å². The molecule has 1 atom stereocenters. The summed E-state index contributed by atoms with van der Waals surface area (Å²) in [6.45, 7) is 3.57. The van der Waals surface area contributed by atoms with Crippen molar-refractivity contribution in [3.63, 3.8) is 0 Å². The van der Waals surface area contributed by atoms with Crippen molar-refractivity contribution >= 4 is 5.65 Å². The van der Waals surface area contributed by atoms with Crippen LogP contribution >= 0.6 is 0 Å². The molecule has 0 saturated carbocycles. The van der Waals surface area contributed by atoms with Crippen LogP contribution in [0.1, 0.15) is 12.6 Å². The highest BCUT2D eigenvalue weighted by atomic mass is 16.5. The van der Waals surface area contributed by atoms with E-state index in [0.29, 0.717) is 12.6 Å². The number of ether oxygens (including phenoxy) is 1. The van der Waals surface area contributed by atoms with Crippen molar-refractivity contribution in [3.05, 3.63) is 30.5 Å². The van der Waals surface area contributed by atoms with Crippen LogP contribution in [0.5, 0.6) is 0 Å². The molecule has 0 spiro atoms. The van der Waals surface area contributed by atoms with Crippen LogP contribution in [0.25, 0.3) is 5.65 Å². The summed E-state index contributed by atoms with van der Waals surface area (Å²) in [5, 5.41) is 3.37. The number of hydrogen-bond donors (Lipinski definition) is 1. The minimum Gasteiger partial charge on any atom is -0.383 e. The van der Waals surface area contributed by atoms with Gasteiger partial charge in [0.15, 0.2) is 5.65 Å². The van der Waals surface area contributed by atoms with E-state index in [1.165, 1.54) is 0 Å². The fourth-order valence-electron chi connectivity index (χ4n) is 1.61. The third kappa shape index (κ3) is 2.37. The third-order valence-corrected chi connectivity index (χ3v) is 2.44. The molecule has 2 rings (SSSR count). The molecular formula is C11H16N4O. The van der Waals surface area contributed by atoms with Crippen LogP contribution in [0, 0.1) is 0 Å². The fourth-order valence-corrected chi connectivity index (χ4v) is 1.61. The van der Waals surface area contributed by atoms with Crippen molar-refractivity contribution in [1.29, 1.82) is 0 Å². The van der Waals surface area contributed by atoms with E-state index in [0.717, 1.165) is 17.9 Å². The van der Waals surface area contributed by atoms with Gasteiger partial charge in [-0.25, -0.2) is 4.98 Å². The van der Waals surface area contributed by atoms with E-state index in [1.54, 1.807) is 19.5 Å². The largest absolute Gasteiger partial charge is 0.383 e. The average Bonchev–Trinajstić information content (AvgIpc) is 2.70. The van der Waals surface area contributed by atoms with Crippen LogP contribution in [0.3, 0.4) is 0 Å². The molecule has 86 valence electrons. The van der Waals surface area contributed by atoms with Gasteiger partial charge in [-0.15, -0.1) is 0 Å². The summed E-state index contributed by atoms with van der Waals surface area (Å²) < 4.78 is 7.09. The van der Waals surface area contributed by atoms with E-state index in [2.05, 4.69) is 22.2 Å². The maximum atomic E-state index is 5.07. The molecule has 0 aromatic carbocycles. The predicted molar refractivity (Wildman–Crippen MR) is 61.2 cm³/mol. The Labute approximate surface area is 94.5 Å². The number of nitrogens with one attached hydrogen (secondary N) is 1. The molecule has 2 aromatic heterocycles. The number of hydrogen-bond acceptors (Lipinski definition) is 4. The lowest BCUT2D eigenvalue weighted by atomic mass is 10.3. The maximum absolute atomic E-state index is 5.07. The number of aromatic nitrogens is 3. The van der Waals surface area contributed by atoms with Gasteiger partial charge in [0, 0.05) is 32.1 Å². The molecular weight excluding hydrogens is 204 g/mol. The first-order valence-electron chi connectivity index (χ1n) is 5.29. The smallest absolute Gasteiger partial charge is 0.155 e. The zero-order chi connectivity index (χ0) is 11.4. The highest BCUT2D eigenvalue weighted by Gasteiger charge is 2.04. The summed E-state index contributed by atoms with van der Waals surface area (Å²) in [5.74, 6) is 0.